The number of fused-ring (bicyclic) bond motifs is 1. The molecule has 0 aromatic carbocycles. The second-order valence-corrected chi connectivity index (χ2v) is 2.36. The Bertz CT molecular complexity index is 214. The molecule has 0 nitrogen and oxygen atoms in total. The van der Waals surface area contributed by atoms with Crippen molar-refractivity contribution < 1.29 is 0 Å². The molecule has 0 radical (unpaired) electrons. The number of allylic oxidation sites excluding steroid dienone is 6. The summed E-state index contributed by atoms with van der Waals surface area (Å²) in [4.78, 5) is 0. The van der Waals surface area contributed by atoms with Crippen LogP contribution in [0.4, 0.5) is 0 Å². The first-order chi connectivity index (χ1) is 3.88. The number of hydrogen-bond donors (Lipinski definition) is 0. The minimum absolute atomic E-state index is 1.20. The van der Waals surface area contributed by atoms with E-state index in [1.165, 1.54) is 23.1 Å². The van der Waals surface area contributed by atoms with Gasteiger partial charge in [0.25, 0.3) is 0 Å². The molecule has 0 aliphatic heterocycles. The Balaban J connectivity index is 2.53. The Kier molecular flexibility index (Phi) is 0.587. The first-order valence-electron chi connectivity index (χ1n) is 2.96. The maximum absolute atomic E-state index is 2.28. The van der Waals surface area contributed by atoms with E-state index in [2.05, 4.69) is 25.2 Å². The van der Waals surface area contributed by atoms with Crippen molar-refractivity contribution in [2.75, 3.05) is 0 Å². The third-order valence-corrected chi connectivity index (χ3v) is 1.83. The second-order valence-electron chi connectivity index (χ2n) is 2.36. The average Bonchev–Trinajstić information content (AvgIpc) is 1.80. The van der Waals surface area contributed by atoms with Crippen molar-refractivity contribution in [3.05, 3.63) is 34.9 Å². The second kappa shape index (κ2) is 1.13. The molecule has 2 aliphatic carbocycles. The highest BCUT2D eigenvalue weighted by molar-refractivity contribution is 5.60. The summed E-state index contributed by atoms with van der Waals surface area (Å²) < 4.78 is 0. The Hall–Kier alpha value is -0.780. The van der Waals surface area contributed by atoms with Crippen LogP contribution >= 0.6 is 0 Å². The lowest BCUT2D eigenvalue weighted by Gasteiger charge is -2.13. The molecule has 2 rings (SSSR count). The average molecular weight is 104 g/mol. The van der Waals surface area contributed by atoms with E-state index in [0.29, 0.717) is 0 Å². The van der Waals surface area contributed by atoms with E-state index in [1.54, 1.807) is 0 Å². The van der Waals surface area contributed by atoms with Crippen LogP contribution < -0.4 is 0 Å². The van der Waals surface area contributed by atoms with E-state index >= 15 is 0 Å². The molecule has 0 heteroatoms. The van der Waals surface area contributed by atoms with Crippen molar-refractivity contribution in [3.8, 4) is 0 Å². The van der Waals surface area contributed by atoms with Gasteiger partial charge in [0.05, 0.1) is 0 Å². The molecule has 0 N–H and O–H groups in total. The van der Waals surface area contributed by atoms with E-state index in [1.807, 2.05) is 0 Å². The zero-order valence-electron chi connectivity index (χ0n) is 4.94. The fraction of sp³-hybridized carbons (Fsp3) is 0.250. The summed E-state index contributed by atoms with van der Waals surface area (Å²) in [5.74, 6) is 0. The summed E-state index contributed by atoms with van der Waals surface area (Å²) in [6.07, 6.45) is 7.88. The van der Waals surface area contributed by atoms with Gasteiger partial charge < -0.3 is 0 Å². The van der Waals surface area contributed by atoms with Crippen molar-refractivity contribution in [1.29, 1.82) is 0 Å². The third-order valence-electron chi connectivity index (χ3n) is 1.83. The molecule has 0 aromatic rings. The Morgan fingerprint density at radius 3 is 2.50 bits per heavy atom. The predicted molar refractivity (Wildman–Crippen MR) is 34.5 cm³/mol. The molecular formula is C8H8. The van der Waals surface area contributed by atoms with Gasteiger partial charge in [-0.3, -0.25) is 0 Å². The molecule has 0 bridgehead atoms. The SMILES string of the molecule is CC1=CC=C2CC=C12. The molecule has 0 amide bonds. The van der Waals surface area contributed by atoms with Crippen molar-refractivity contribution >= 4 is 0 Å². The van der Waals surface area contributed by atoms with Gasteiger partial charge >= 0.3 is 0 Å². The van der Waals surface area contributed by atoms with E-state index in [-0.39, 0.29) is 0 Å². The smallest absolute Gasteiger partial charge is 0.00823 e. The fourth-order valence-electron chi connectivity index (χ4n) is 1.21. The van der Waals surface area contributed by atoms with E-state index in [4.69, 9.17) is 0 Å². The highest BCUT2D eigenvalue weighted by Gasteiger charge is 2.16. The highest BCUT2D eigenvalue weighted by Crippen LogP contribution is 2.36. The molecule has 0 heterocycles. The van der Waals surface area contributed by atoms with Gasteiger partial charge in [-0.05, 0) is 30.1 Å². The zero-order valence-corrected chi connectivity index (χ0v) is 4.94. The monoisotopic (exact) mass is 104 g/mol. The van der Waals surface area contributed by atoms with Gasteiger partial charge in [0.1, 0.15) is 0 Å². The normalized spacial score (nSPS) is 22.9. The lowest BCUT2D eigenvalue weighted by atomic mass is 9.91. The molecule has 0 saturated heterocycles. The quantitative estimate of drug-likeness (QED) is 0.442. The first-order valence-corrected chi connectivity index (χ1v) is 2.96. The van der Waals surface area contributed by atoms with Gasteiger partial charge in [-0.15, -0.1) is 0 Å². The van der Waals surface area contributed by atoms with E-state index in [0.717, 1.165) is 0 Å². The molecule has 0 spiro atoms. The number of hydrogen-bond acceptors (Lipinski definition) is 0. The van der Waals surface area contributed by atoms with Crippen LogP contribution in [0.1, 0.15) is 13.3 Å². The van der Waals surface area contributed by atoms with E-state index < -0.39 is 0 Å². The van der Waals surface area contributed by atoms with Gasteiger partial charge in [0, 0.05) is 0 Å². The molecule has 0 fully saturated rings. The van der Waals surface area contributed by atoms with Crippen molar-refractivity contribution in [3.63, 3.8) is 0 Å². The maximum atomic E-state index is 2.28. The Morgan fingerprint density at radius 1 is 1.38 bits per heavy atom. The van der Waals surface area contributed by atoms with Crippen LogP contribution in [-0.4, -0.2) is 0 Å². The molecule has 0 aromatic heterocycles. The molecule has 0 saturated carbocycles. The van der Waals surface area contributed by atoms with Crippen LogP contribution in [0.3, 0.4) is 0 Å². The number of rotatable bonds is 0. The molecule has 8 heavy (non-hydrogen) atoms. The summed E-state index contributed by atoms with van der Waals surface area (Å²) >= 11 is 0. The van der Waals surface area contributed by atoms with Crippen LogP contribution in [-0.2, 0) is 0 Å². The standard InChI is InChI=1S/C8H8/c1-6-2-3-7-4-5-8(6)7/h2-3,5H,4H2,1H3. The largest absolute Gasteiger partial charge is 0.0723 e. The third kappa shape index (κ3) is 0.313. The topological polar surface area (TPSA) is 0 Å². The van der Waals surface area contributed by atoms with Gasteiger partial charge in [0.2, 0.25) is 0 Å². The van der Waals surface area contributed by atoms with Crippen molar-refractivity contribution in [2.24, 2.45) is 0 Å². The Labute approximate surface area is 49.2 Å². The Morgan fingerprint density at radius 2 is 2.25 bits per heavy atom. The zero-order chi connectivity index (χ0) is 5.56. The summed E-state index contributed by atoms with van der Waals surface area (Å²) in [5, 5.41) is 0. The lowest BCUT2D eigenvalue weighted by Crippen LogP contribution is -1.95. The highest BCUT2D eigenvalue weighted by atomic mass is 14.2. The van der Waals surface area contributed by atoms with Crippen molar-refractivity contribution in [2.45, 2.75) is 13.3 Å². The van der Waals surface area contributed by atoms with Gasteiger partial charge in [-0.2, -0.15) is 0 Å². The molecular weight excluding hydrogens is 96.1 g/mol. The van der Waals surface area contributed by atoms with Crippen molar-refractivity contribution in [1.82, 2.24) is 0 Å². The molecule has 40 valence electrons. The van der Waals surface area contributed by atoms with Crippen LogP contribution in [0.2, 0.25) is 0 Å². The van der Waals surface area contributed by atoms with Crippen LogP contribution in [0.5, 0.6) is 0 Å². The van der Waals surface area contributed by atoms with Crippen LogP contribution in [0.25, 0.3) is 0 Å². The van der Waals surface area contributed by atoms with Gasteiger partial charge in [-0.1, -0.05) is 18.2 Å². The summed E-state index contributed by atoms with van der Waals surface area (Å²) in [6.45, 7) is 2.16. The summed E-state index contributed by atoms with van der Waals surface area (Å²) in [6, 6.07) is 0. The van der Waals surface area contributed by atoms with Gasteiger partial charge in [-0.25, -0.2) is 0 Å². The maximum Gasteiger partial charge on any atom is -0.00823 e. The van der Waals surface area contributed by atoms with Crippen LogP contribution in [0.15, 0.2) is 34.9 Å². The molecule has 2 aliphatic rings. The first kappa shape index (κ1) is 4.13. The van der Waals surface area contributed by atoms with Crippen LogP contribution in [0, 0.1) is 0 Å². The predicted octanol–water partition coefficient (Wildman–Crippen LogP) is 2.20. The summed E-state index contributed by atoms with van der Waals surface area (Å²) in [7, 11) is 0. The molecule has 0 atom stereocenters. The fourth-order valence-corrected chi connectivity index (χ4v) is 1.21. The minimum Gasteiger partial charge on any atom is -0.0723 e. The molecule has 0 unspecified atom stereocenters. The minimum atomic E-state index is 1.20. The van der Waals surface area contributed by atoms with E-state index in [9.17, 15) is 0 Å². The summed E-state index contributed by atoms with van der Waals surface area (Å²) in [5.41, 5.74) is 4.46. The van der Waals surface area contributed by atoms with Gasteiger partial charge in [0.15, 0.2) is 0 Å². The lowest BCUT2D eigenvalue weighted by molar-refractivity contribution is 1.12.